The highest BCUT2D eigenvalue weighted by atomic mass is 79.9. The van der Waals surface area contributed by atoms with Crippen LogP contribution < -0.4 is 19.5 Å². The van der Waals surface area contributed by atoms with E-state index >= 15 is 0 Å². The topological polar surface area (TPSA) is 147 Å². The fourth-order valence-corrected chi connectivity index (χ4v) is 6.08. The number of benzene rings is 4. The Balaban J connectivity index is 1.62. The number of nitrogens with one attached hydrogen (secondary N) is 1. The first-order chi connectivity index (χ1) is 23.4. The molecule has 2 N–H and O–H groups in total. The van der Waals surface area contributed by atoms with Crippen LogP contribution in [0.4, 0.5) is 0 Å². The van der Waals surface area contributed by atoms with Crippen LogP contribution in [0.2, 0.25) is 0 Å². The second-order valence-electron chi connectivity index (χ2n) is 11.0. The first-order valence-corrected chi connectivity index (χ1v) is 16.1. The number of azide groups is 1. The lowest BCUT2D eigenvalue weighted by Gasteiger charge is -2.32. The summed E-state index contributed by atoms with van der Waals surface area (Å²) in [5.41, 5.74) is 11.3. The van der Waals surface area contributed by atoms with Gasteiger partial charge >= 0.3 is 0 Å². The number of halogens is 1. The summed E-state index contributed by atoms with van der Waals surface area (Å²) in [6.07, 6.45) is -0.192. The summed E-state index contributed by atoms with van der Waals surface area (Å²) >= 11 is 3.67. The Morgan fingerprint density at radius 3 is 2.44 bits per heavy atom. The predicted octanol–water partition coefficient (Wildman–Crippen LogP) is 6.85. The van der Waals surface area contributed by atoms with Gasteiger partial charge in [-0.2, -0.15) is 0 Å². The van der Waals surface area contributed by atoms with E-state index in [1.165, 1.54) is 0 Å². The minimum absolute atomic E-state index is 0.0392. The van der Waals surface area contributed by atoms with Crippen molar-refractivity contribution in [2.75, 3.05) is 27.4 Å². The molecule has 5 rings (SSSR count). The Bertz CT molecular complexity index is 1810. The number of ether oxygens (including phenoxy) is 4. The second-order valence-corrected chi connectivity index (χ2v) is 11.8. The monoisotopic (exact) mass is 713 g/mol. The van der Waals surface area contributed by atoms with Crippen molar-refractivity contribution in [2.45, 2.75) is 37.6 Å². The van der Waals surface area contributed by atoms with Gasteiger partial charge in [0, 0.05) is 46.5 Å². The van der Waals surface area contributed by atoms with Crippen LogP contribution in [-0.4, -0.2) is 49.9 Å². The Morgan fingerprint density at radius 1 is 1.00 bits per heavy atom. The second kappa shape index (κ2) is 16.2. The molecule has 11 nitrogen and oxygen atoms in total. The summed E-state index contributed by atoms with van der Waals surface area (Å²) in [5, 5.41) is 16.0. The van der Waals surface area contributed by atoms with Crippen LogP contribution in [0, 0.1) is 0 Å². The number of nitrogens with zero attached hydrogens (tertiary/aromatic N) is 4. The van der Waals surface area contributed by atoms with Crippen LogP contribution in [0.25, 0.3) is 10.4 Å². The number of hydrogen-bond donors (Lipinski definition) is 2. The SMILES string of the molecule is COc1cccc(CNC(=O)[C@]2(Cc3ccccc3Br)N=C(c3ccc(OCCCO)cc3)O[C@@H]2c2ccccc2CN=[N+]=[N-])c1OC. The number of para-hydroxylation sites is 1. The van der Waals surface area contributed by atoms with Crippen LogP contribution >= 0.6 is 15.9 Å². The molecule has 0 saturated heterocycles. The molecule has 248 valence electrons. The Hall–Kier alpha value is -5.03. The van der Waals surface area contributed by atoms with Gasteiger partial charge in [0.1, 0.15) is 5.75 Å². The summed E-state index contributed by atoms with van der Waals surface area (Å²) in [6, 6.07) is 27.8. The fourth-order valence-electron chi connectivity index (χ4n) is 5.65. The number of rotatable bonds is 15. The van der Waals surface area contributed by atoms with E-state index in [1.807, 2.05) is 72.8 Å². The zero-order valence-electron chi connectivity index (χ0n) is 26.6. The highest BCUT2D eigenvalue weighted by molar-refractivity contribution is 9.10. The van der Waals surface area contributed by atoms with Crippen molar-refractivity contribution in [3.63, 3.8) is 0 Å². The molecule has 2 atom stereocenters. The lowest BCUT2D eigenvalue weighted by Crippen LogP contribution is -2.50. The largest absolute Gasteiger partial charge is 0.494 e. The minimum Gasteiger partial charge on any atom is -0.494 e. The van der Waals surface area contributed by atoms with Gasteiger partial charge < -0.3 is 29.4 Å². The third-order valence-corrected chi connectivity index (χ3v) is 8.79. The third kappa shape index (κ3) is 7.57. The number of carbonyl (C=O) groups is 1. The average Bonchev–Trinajstić information content (AvgIpc) is 3.51. The van der Waals surface area contributed by atoms with E-state index in [1.54, 1.807) is 32.4 Å². The smallest absolute Gasteiger partial charge is 0.252 e. The molecule has 1 aliphatic rings. The van der Waals surface area contributed by atoms with E-state index < -0.39 is 11.6 Å². The van der Waals surface area contributed by atoms with Gasteiger partial charge in [-0.25, -0.2) is 4.99 Å². The first kappa shape index (κ1) is 34.3. The molecule has 48 heavy (non-hydrogen) atoms. The quantitative estimate of drug-likeness (QED) is 0.0596. The van der Waals surface area contributed by atoms with Crippen LogP contribution in [0.1, 0.15) is 40.3 Å². The van der Waals surface area contributed by atoms with Crippen molar-refractivity contribution in [3.05, 3.63) is 134 Å². The molecule has 0 spiro atoms. The van der Waals surface area contributed by atoms with Crippen LogP contribution in [0.15, 0.2) is 106 Å². The molecule has 12 heteroatoms. The Labute approximate surface area is 287 Å². The van der Waals surface area contributed by atoms with Gasteiger partial charge in [0.05, 0.1) is 27.4 Å². The van der Waals surface area contributed by atoms with Crippen molar-refractivity contribution in [1.29, 1.82) is 0 Å². The van der Waals surface area contributed by atoms with Gasteiger partial charge in [-0.05, 0) is 58.6 Å². The van der Waals surface area contributed by atoms with Gasteiger partial charge in [-0.1, -0.05) is 75.6 Å². The van der Waals surface area contributed by atoms with Crippen molar-refractivity contribution in [2.24, 2.45) is 10.1 Å². The number of aliphatic hydroxyl groups excluding tert-OH is 1. The lowest BCUT2D eigenvalue weighted by atomic mass is 9.80. The summed E-state index contributed by atoms with van der Waals surface area (Å²) < 4.78 is 24.3. The number of aliphatic hydroxyl groups is 1. The molecule has 0 aliphatic carbocycles. The zero-order chi connectivity index (χ0) is 33.9. The molecule has 1 amide bonds. The molecule has 0 fully saturated rings. The van der Waals surface area contributed by atoms with E-state index in [0.717, 1.165) is 15.6 Å². The lowest BCUT2D eigenvalue weighted by molar-refractivity contribution is -0.129. The van der Waals surface area contributed by atoms with Gasteiger partial charge in [-0.3, -0.25) is 4.79 Å². The molecular weight excluding hydrogens is 678 g/mol. The third-order valence-electron chi connectivity index (χ3n) is 8.01. The maximum atomic E-state index is 14.8. The summed E-state index contributed by atoms with van der Waals surface area (Å²) in [4.78, 5) is 22.9. The predicted molar refractivity (Wildman–Crippen MR) is 185 cm³/mol. The van der Waals surface area contributed by atoms with Gasteiger partial charge in [0.25, 0.3) is 5.91 Å². The fraction of sp³-hybridized carbons (Fsp3) is 0.278. The van der Waals surface area contributed by atoms with Crippen molar-refractivity contribution in [1.82, 2.24) is 5.32 Å². The van der Waals surface area contributed by atoms with E-state index in [-0.39, 0.29) is 37.9 Å². The number of methoxy groups -OCH3 is 2. The molecular formula is C36H36BrN5O6. The summed E-state index contributed by atoms with van der Waals surface area (Å²) in [5.74, 6) is 1.61. The molecule has 0 unspecified atom stereocenters. The summed E-state index contributed by atoms with van der Waals surface area (Å²) in [7, 11) is 3.11. The molecule has 0 radical (unpaired) electrons. The highest BCUT2D eigenvalue weighted by Gasteiger charge is 2.54. The maximum absolute atomic E-state index is 14.8. The van der Waals surface area contributed by atoms with Gasteiger partial charge in [-0.15, -0.1) is 0 Å². The van der Waals surface area contributed by atoms with Crippen LogP contribution in [-0.2, 0) is 29.0 Å². The highest BCUT2D eigenvalue weighted by Crippen LogP contribution is 2.45. The number of carbonyl (C=O) groups excluding carboxylic acids is 1. The molecule has 1 aliphatic heterocycles. The number of amides is 1. The van der Waals surface area contributed by atoms with E-state index in [9.17, 15) is 4.79 Å². The minimum atomic E-state index is -1.49. The number of hydrogen-bond acceptors (Lipinski definition) is 8. The van der Waals surface area contributed by atoms with Crippen LogP contribution in [0.5, 0.6) is 17.2 Å². The molecule has 0 aromatic heterocycles. The van der Waals surface area contributed by atoms with E-state index in [0.29, 0.717) is 47.0 Å². The summed E-state index contributed by atoms with van der Waals surface area (Å²) in [6.45, 7) is 0.617. The maximum Gasteiger partial charge on any atom is 0.252 e. The van der Waals surface area contributed by atoms with Crippen LogP contribution in [0.3, 0.4) is 0 Å². The van der Waals surface area contributed by atoms with E-state index in [4.69, 9.17) is 34.6 Å². The van der Waals surface area contributed by atoms with Gasteiger partial charge in [0.15, 0.2) is 23.1 Å². The van der Waals surface area contributed by atoms with Crippen molar-refractivity contribution in [3.8, 4) is 17.2 Å². The zero-order valence-corrected chi connectivity index (χ0v) is 28.2. The van der Waals surface area contributed by atoms with Crippen molar-refractivity contribution < 1.29 is 28.8 Å². The normalized spacial score (nSPS) is 16.7. The van der Waals surface area contributed by atoms with Gasteiger partial charge in [0.2, 0.25) is 5.90 Å². The molecule has 0 bridgehead atoms. The van der Waals surface area contributed by atoms with Crippen molar-refractivity contribution >= 4 is 27.7 Å². The Morgan fingerprint density at radius 2 is 1.73 bits per heavy atom. The number of aliphatic imine (C=N–C) groups is 1. The average molecular weight is 715 g/mol. The molecule has 0 saturated carbocycles. The van der Waals surface area contributed by atoms with E-state index in [2.05, 4.69) is 31.3 Å². The molecule has 4 aromatic rings. The standard InChI is InChI=1S/C36H36BrN5O6/c1-45-31-14-7-11-27(32(31)46-2)22-39-35(44)36(21-25-9-4-6-13-30(25)37)33(29-12-5-3-10-26(29)23-40-42-38)48-34(41-36)24-15-17-28(18-16-24)47-20-8-19-43/h3-7,9-18,33,43H,8,19-23H2,1-2H3,(H,39,44)/t33-,36-/m1/s1. The molecule has 4 aromatic carbocycles. The Kier molecular flexibility index (Phi) is 11.6. The first-order valence-electron chi connectivity index (χ1n) is 15.3. The molecule has 1 heterocycles.